The van der Waals surface area contributed by atoms with Gasteiger partial charge < -0.3 is 0 Å². The number of benzene rings is 2. The molecule has 0 aromatic heterocycles. The first-order valence-electron chi connectivity index (χ1n) is 7.06. The van der Waals surface area contributed by atoms with E-state index in [0.717, 1.165) is 26.9 Å². The first-order valence-corrected chi connectivity index (χ1v) is 7.82. The Kier molecular flexibility index (Phi) is 4.23. The van der Waals surface area contributed by atoms with E-state index in [1.165, 1.54) is 5.57 Å². The van der Waals surface area contributed by atoms with Crippen LogP contribution in [0.3, 0.4) is 0 Å². The summed E-state index contributed by atoms with van der Waals surface area (Å²) in [6.45, 7) is 2.04. The predicted molar refractivity (Wildman–Crippen MR) is 94.5 cm³/mol. The first-order chi connectivity index (χ1) is 10.6. The van der Waals surface area contributed by atoms with E-state index in [9.17, 15) is 0 Å². The van der Waals surface area contributed by atoms with Gasteiger partial charge >= 0.3 is 0 Å². The lowest BCUT2D eigenvalue weighted by molar-refractivity contribution is 0.481. The van der Waals surface area contributed by atoms with E-state index < -0.39 is 0 Å². The van der Waals surface area contributed by atoms with Crippen LogP contribution in [-0.2, 0) is 0 Å². The number of hydrogen-bond acceptors (Lipinski definition) is 2. The average molecular weight is 331 g/mol. The van der Waals surface area contributed by atoms with Gasteiger partial charge in [-0.05, 0) is 41.8 Å². The Balaban J connectivity index is 2.12. The van der Waals surface area contributed by atoms with Gasteiger partial charge in [-0.1, -0.05) is 53.5 Å². The van der Waals surface area contributed by atoms with Crippen LogP contribution in [0, 0.1) is 0 Å². The molecule has 2 nitrogen and oxygen atoms in total. The Morgan fingerprint density at radius 1 is 1.00 bits per heavy atom. The maximum atomic E-state index is 6.42. The fourth-order valence-electron chi connectivity index (χ4n) is 2.82. The number of nitrogens with zero attached hydrogens (tertiary/aromatic N) is 2. The maximum absolute atomic E-state index is 6.42. The second-order valence-electron chi connectivity index (χ2n) is 5.36. The minimum Gasteiger partial charge on any atom is -0.276 e. The lowest BCUT2D eigenvalue weighted by atomic mass is 9.83. The zero-order chi connectivity index (χ0) is 15.7. The summed E-state index contributed by atoms with van der Waals surface area (Å²) >= 11 is 12.4. The molecule has 1 unspecified atom stereocenters. The molecule has 0 radical (unpaired) electrons. The van der Waals surface area contributed by atoms with E-state index in [1.54, 1.807) is 0 Å². The van der Waals surface area contributed by atoms with Crippen molar-refractivity contribution in [1.82, 2.24) is 5.01 Å². The first kappa shape index (κ1) is 15.1. The second kappa shape index (κ2) is 6.15. The van der Waals surface area contributed by atoms with Crippen LogP contribution in [0.1, 0.15) is 24.0 Å². The van der Waals surface area contributed by atoms with E-state index in [2.05, 4.69) is 11.2 Å². The van der Waals surface area contributed by atoms with Gasteiger partial charge in [-0.2, -0.15) is 5.10 Å². The highest BCUT2D eigenvalue weighted by atomic mass is 35.5. The largest absolute Gasteiger partial charge is 0.276 e. The fraction of sp³-hybridized carbons (Fsp3) is 0.167. The number of hydrazone groups is 1. The van der Waals surface area contributed by atoms with Crippen LogP contribution < -0.4 is 0 Å². The molecule has 2 aromatic carbocycles. The maximum Gasteiger partial charge on any atom is 0.0524 e. The molecule has 4 heteroatoms. The van der Waals surface area contributed by atoms with Crippen molar-refractivity contribution in [2.24, 2.45) is 5.10 Å². The third-order valence-electron chi connectivity index (χ3n) is 3.76. The molecule has 0 saturated heterocycles. The standard InChI is InChI=1S/C18H16Cl2N2/c1-12-18(15-5-3-4-6-17(15)20)16(11-22(2)21-12)13-7-9-14(19)10-8-13/h3-11,18H,1-2H3. The van der Waals surface area contributed by atoms with Crippen LogP contribution in [-0.4, -0.2) is 17.8 Å². The zero-order valence-corrected chi connectivity index (χ0v) is 13.9. The van der Waals surface area contributed by atoms with Crippen LogP contribution >= 0.6 is 23.2 Å². The Morgan fingerprint density at radius 3 is 2.36 bits per heavy atom. The smallest absolute Gasteiger partial charge is 0.0524 e. The highest BCUT2D eigenvalue weighted by Crippen LogP contribution is 2.39. The molecule has 0 fully saturated rings. The number of halogens is 2. The van der Waals surface area contributed by atoms with Crippen LogP contribution in [0.25, 0.3) is 5.57 Å². The van der Waals surface area contributed by atoms with E-state index >= 15 is 0 Å². The molecular weight excluding hydrogens is 315 g/mol. The van der Waals surface area contributed by atoms with Crippen molar-refractivity contribution in [3.05, 3.63) is 75.9 Å². The summed E-state index contributed by atoms with van der Waals surface area (Å²) in [5.41, 5.74) is 4.37. The lowest BCUT2D eigenvalue weighted by Crippen LogP contribution is -2.22. The lowest BCUT2D eigenvalue weighted by Gasteiger charge is -2.28. The summed E-state index contributed by atoms with van der Waals surface area (Å²) < 4.78 is 0. The van der Waals surface area contributed by atoms with Gasteiger partial charge in [-0.3, -0.25) is 5.01 Å². The van der Waals surface area contributed by atoms with Crippen molar-refractivity contribution in [3.63, 3.8) is 0 Å². The summed E-state index contributed by atoms with van der Waals surface area (Å²) in [5.74, 6) is 0.0473. The Bertz CT molecular complexity index is 748. The molecule has 0 saturated carbocycles. The number of rotatable bonds is 2. The van der Waals surface area contributed by atoms with Gasteiger partial charge in [0.15, 0.2) is 0 Å². The molecule has 3 rings (SSSR count). The van der Waals surface area contributed by atoms with Gasteiger partial charge in [-0.25, -0.2) is 0 Å². The molecule has 1 aliphatic rings. The summed E-state index contributed by atoms with van der Waals surface area (Å²) in [7, 11) is 1.93. The van der Waals surface area contributed by atoms with Crippen molar-refractivity contribution in [3.8, 4) is 0 Å². The SMILES string of the molecule is CC1=NN(C)C=C(c2ccc(Cl)cc2)C1c1ccccc1Cl. The van der Waals surface area contributed by atoms with E-state index in [0.29, 0.717) is 0 Å². The van der Waals surface area contributed by atoms with Crippen LogP contribution in [0.4, 0.5) is 0 Å². The van der Waals surface area contributed by atoms with Crippen molar-refractivity contribution < 1.29 is 0 Å². The molecule has 1 heterocycles. The molecule has 112 valence electrons. The third-order valence-corrected chi connectivity index (χ3v) is 4.36. The number of allylic oxidation sites excluding steroid dienone is 1. The van der Waals surface area contributed by atoms with Gasteiger partial charge in [0.1, 0.15) is 0 Å². The summed E-state index contributed by atoms with van der Waals surface area (Å²) in [5, 5.41) is 7.89. The molecule has 2 aromatic rings. The zero-order valence-electron chi connectivity index (χ0n) is 12.4. The monoisotopic (exact) mass is 330 g/mol. The normalized spacial score (nSPS) is 18.0. The Labute approximate surface area is 140 Å². The van der Waals surface area contributed by atoms with Crippen molar-refractivity contribution in [1.29, 1.82) is 0 Å². The summed E-state index contributed by atoms with van der Waals surface area (Å²) in [6.07, 6.45) is 2.05. The van der Waals surface area contributed by atoms with Gasteiger partial charge in [0, 0.05) is 29.0 Å². The topological polar surface area (TPSA) is 15.6 Å². The van der Waals surface area contributed by atoms with Gasteiger partial charge in [0.05, 0.1) is 5.92 Å². The second-order valence-corrected chi connectivity index (χ2v) is 6.20. The van der Waals surface area contributed by atoms with Crippen LogP contribution in [0.15, 0.2) is 59.8 Å². The molecule has 0 amide bonds. The van der Waals surface area contributed by atoms with E-state index in [4.69, 9.17) is 23.2 Å². The third kappa shape index (κ3) is 2.90. The highest BCUT2D eigenvalue weighted by molar-refractivity contribution is 6.32. The molecule has 0 aliphatic carbocycles. The average Bonchev–Trinajstić information content (AvgIpc) is 2.48. The minimum atomic E-state index is 0.0473. The molecule has 0 bridgehead atoms. The van der Waals surface area contributed by atoms with Gasteiger partial charge in [-0.15, -0.1) is 0 Å². The highest BCUT2D eigenvalue weighted by Gasteiger charge is 2.26. The van der Waals surface area contributed by atoms with E-state index in [-0.39, 0.29) is 5.92 Å². The summed E-state index contributed by atoms with van der Waals surface area (Å²) in [4.78, 5) is 0. The minimum absolute atomic E-state index is 0.0473. The number of hydrogen-bond donors (Lipinski definition) is 0. The Hall–Kier alpha value is -1.77. The van der Waals surface area contributed by atoms with Crippen LogP contribution in [0.5, 0.6) is 0 Å². The fourth-order valence-corrected chi connectivity index (χ4v) is 3.19. The van der Waals surface area contributed by atoms with Gasteiger partial charge in [0.25, 0.3) is 0 Å². The molecular formula is C18H16Cl2N2. The Morgan fingerprint density at radius 2 is 1.68 bits per heavy atom. The van der Waals surface area contributed by atoms with E-state index in [1.807, 2.05) is 67.6 Å². The van der Waals surface area contributed by atoms with Crippen molar-refractivity contribution in [2.45, 2.75) is 12.8 Å². The molecule has 1 atom stereocenters. The van der Waals surface area contributed by atoms with Crippen molar-refractivity contribution in [2.75, 3.05) is 7.05 Å². The molecule has 22 heavy (non-hydrogen) atoms. The predicted octanol–water partition coefficient (Wildman–Crippen LogP) is 5.44. The molecule has 1 aliphatic heterocycles. The summed E-state index contributed by atoms with van der Waals surface area (Å²) in [6, 6.07) is 15.8. The van der Waals surface area contributed by atoms with Crippen molar-refractivity contribution >= 4 is 34.5 Å². The molecule has 0 spiro atoms. The van der Waals surface area contributed by atoms with Crippen LogP contribution in [0.2, 0.25) is 10.0 Å². The quantitative estimate of drug-likeness (QED) is 0.715. The molecule has 0 N–H and O–H groups in total. The van der Waals surface area contributed by atoms with Gasteiger partial charge in [0.2, 0.25) is 0 Å².